The highest BCUT2D eigenvalue weighted by molar-refractivity contribution is 5.64. The van der Waals surface area contributed by atoms with Gasteiger partial charge in [-0.05, 0) is 86.0 Å². The maximum Gasteiger partial charge on any atom is -0.0162 e. The molecular formula is C25H32. The van der Waals surface area contributed by atoms with Crippen LogP contribution >= 0.6 is 0 Å². The number of allylic oxidation sites excluding steroid dienone is 2. The molecule has 132 valence electrons. The Morgan fingerprint density at radius 1 is 0.840 bits per heavy atom. The Hall–Kier alpha value is -1.82. The summed E-state index contributed by atoms with van der Waals surface area (Å²) < 4.78 is 0. The minimum absolute atomic E-state index is 0.773. The zero-order valence-corrected chi connectivity index (χ0v) is 15.9. The number of aryl methyl sites for hydroxylation is 1. The average Bonchev–Trinajstić information content (AvgIpc) is 2.69. The van der Waals surface area contributed by atoms with Crippen molar-refractivity contribution in [1.29, 1.82) is 0 Å². The van der Waals surface area contributed by atoms with Crippen LogP contribution in [0.2, 0.25) is 0 Å². The quantitative estimate of drug-likeness (QED) is 0.479. The first-order chi connectivity index (χ1) is 12.3. The molecule has 0 saturated heterocycles. The van der Waals surface area contributed by atoms with Gasteiger partial charge in [-0.2, -0.15) is 0 Å². The molecule has 1 aliphatic rings. The molecule has 0 heterocycles. The van der Waals surface area contributed by atoms with Gasteiger partial charge in [0.1, 0.15) is 0 Å². The van der Waals surface area contributed by atoms with Crippen LogP contribution in [0.15, 0.2) is 60.7 Å². The third-order valence-electron chi connectivity index (χ3n) is 5.90. The van der Waals surface area contributed by atoms with Crippen LogP contribution in [0.25, 0.3) is 11.1 Å². The smallest absolute Gasteiger partial charge is 0.0162 e. The average molecular weight is 333 g/mol. The first kappa shape index (κ1) is 18.0. The second-order valence-electron chi connectivity index (χ2n) is 7.54. The van der Waals surface area contributed by atoms with Crippen LogP contribution in [0, 0.1) is 5.92 Å². The minimum Gasteiger partial charge on any atom is -0.0917 e. The van der Waals surface area contributed by atoms with Gasteiger partial charge in [0.25, 0.3) is 0 Å². The van der Waals surface area contributed by atoms with E-state index in [1.807, 2.05) is 0 Å². The van der Waals surface area contributed by atoms with Crippen molar-refractivity contribution in [2.24, 2.45) is 5.92 Å². The van der Waals surface area contributed by atoms with Crippen molar-refractivity contribution in [3.05, 3.63) is 71.8 Å². The summed E-state index contributed by atoms with van der Waals surface area (Å²) in [6.07, 6.45) is 13.8. The van der Waals surface area contributed by atoms with Crippen molar-refractivity contribution < 1.29 is 0 Å². The Morgan fingerprint density at radius 3 is 2.00 bits per heavy atom. The first-order valence-electron chi connectivity index (χ1n) is 10.1. The zero-order valence-electron chi connectivity index (χ0n) is 15.9. The predicted molar refractivity (Wildman–Crippen MR) is 110 cm³/mol. The molecule has 0 aromatic heterocycles. The Morgan fingerprint density at radius 2 is 1.44 bits per heavy atom. The summed E-state index contributed by atoms with van der Waals surface area (Å²) in [4.78, 5) is 0. The fourth-order valence-electron chi connectivity index (χ4n) is 4.16. The summed E-state index contributed by atoms with van der Waals surface area (Å²) in [5.41, 5.74) is 5.62. The van der Waals surface area contributed by atoms with Crippen molar-refractivity contribution in [1.82, 2.24) is 0 Å². The van der Waals surface area contributed by atoms with Crippen LogP contribution in [0.1, 0.15) is 69.4 Å². The fourth-order valence-corrected chi connectivity index (χ4v) is 4.16. The number of benzene rings is 2. The van der Waals surface area contributed by atoms with Gasteiger partial charge in [0.05, 0.1) is 0 Å². The topological polar surface area (TPSA) is 0 Å². The third-order valence-corrected chi connectivity index (χ3v) is 5.90. The fraction of sp³-hybridized carbons (Fsp3) is 0.440. The van der Waals surface area contributed by atoms with Gasteiger partial charge in [0.2, 0.25) is 0 Å². The van der Waals surface area contributed by atoms with E-state index in [2.05, 4.69) is 74.5 Å². The summed E-state index contributed by atoms with van der Waals surface area (Å²) in [5, 5.41) is 0. The molecular weight excluding hydrogens is 300 g/mol. The molecule has 0 amide bonds. The summed E-state index contributed by atoms with van der Waals surface area (Å²) >= 11 is 0. The van der Waals surface area contributed by atoms with Crippen molar-refractivity contribution in [2.45, 2.75) is 64.7 Å². The van der Waals surface area contributed by atoms with E-state index in [1.165, 1.54) is 55.2 Å². The minimum atomic E-state index is 0.773. The van der Waals surface area contributed by atoms with Crippen molar-refractivity contribution in [3.63, 3.8) is 0 Å². The molecule has 0 nitrogen and oxygen atoms in total. The van der Waals surface area contributed by atoms with Gasteiger partial charge in [-0.3, -0.25) is 0 Å². The van der Waals surface area contributed by atoms with Gasteiger partial charge in [-0.1, -0.05) is 67.6 Å². The standard InChI is InChI=1S/C25H32/c1-3-5-6-7-21-10-14-23(15-11-21)25-18-16-24(17-19-25)22-12-8-20(4-2)9-13-22/h3,5,8-9,12-13,16-19,21,23H,4,6-7,10-11,14-15H2,1-2H3/b5-3+/t21-,23-. The molecule has 0 radical (unpaired) electrons. The van der Waals surface area contributed by atoms with Crippen molar-refractivity contribution in [2.75, 3.05) is 0 Å². The Bertz CT molecular complexity index is 652. The normalized spacial score (nSPS) is 20.9. The predicted octanol–water partition coefficient (Wildman–Crippen LogP) is 7.55. The molecule has 0 unspecified atom stereocenters. The van der Waals surface area contributed by atoms with E-state index in [4.69, 9.17) is 0 Å². The first-order valence-corrected chi connectivity index (χ1v) is 10.1. The molecule has 2 aromatic rings. The highest BCUT2D eigenvalue weighted by Gasteiger charge is 2.21. The molecule has 0 aliphatic heterocycles. The largest absolute Gasteiger partial charge is 0.0917 e. The van der Waals surface area contributed by atoms with Crippen LogP contribution in [0.4, 0.5) is 0 Å². The lowest BCUT2D eigenvalue weighted by atomic mass is 9.77. The maximum absolute atomic E-state index is 2.37. The SMILES string of the molecule is C/C=C/CC[C@H]1CC[C@H](c2ccc(-c3ccc(CC)cc3)cc2)CC1. The lowest BCUT2D eigenvalue weighted by Crippen LogP contribution is -2.13. The van der Waals surface area contributed by atoms with Crippen molar-refractivity contribution >= 4 is 0 Å². The lowest BCUT2D eigenvalue weighted by Gasteiger charge is -2.28. The molecule has 1 aliphatic carbocycles. The highest BCUT2D eigenvalue weighted by atomic mass is 14.3. The highest BCUT2D eigenvalue weighted by Crippen LogP contribution is 2.38. The summed E-state index contributed by atoms with van der Waals surface area (Å²) in [7, 11) is 0. The zero-order chi connectivity index (χ0) is 17.5. The van der Waals surface area contributed by atoms with Crippen LogP contribution in [-0.4, -0.2) is 0 Å². The molecule has 3 rings (SSSR count). The molecule has 25 heavy (non-hydrogen) atoms. The van der Waals surface area contributed by atoms with Crippen molar-refractivity contribution in [3.8, 4) is 11.1 Å². The van der Waals surface area contributed by atoms with Crippen LogP contribution < -0.4 is 0 Å². The molecule has 2 aromatic carbocycles. The molecule has 0 bridgehead atoms. The van der Waals surface area contributed by atoms with E-state index in [-0.39, 0.29) is 0 Å². The Labute approximate surface area is 154 Å². The van der Waals surface area contributed by atoms with E-state index >= 15 is 0 Å². The van der Waals surface area contributed by atoms with E-state index in [1.54, 1.807) is 5.56 Å². The summed E-state index contributed by atoms with van der Waals surface area (Å²) in [6, 6.07) is 18.4. The van der Waals surface area contributed by atoms with Gasteiger partial charge in [0.15, 0.2) is 0 Å². The second-order valence-corrected chi connectivity index (χ2v) is 7.54. The molecule has 1 fully saturated rings. The van der Waals surface area contributed by atoms with Gasteiger partial charge >= 0.3 is 0 Å². The van der Waals surface area contributed by atoms with Gasteiger partial charge in [-0.15, -0.1) is 0 Å². The van der Waals surface area contributed by atoms with Crippen LogP contribution in [0.3, 0.4) is 0 Å². The van der Waals surface area contributed by atoms with E-state index in [0.29, 0.717) is 0 Å². The summed E-state index contributed by atoms with van der Waals surface area (Å²) in [6.45, 7) is 4.33. The summed E-state index contributed by atoms with van der Waals surface area (Å²) in [5.74, 6) is 1.72. The molecule has 0 spiro atoms. The van der Waals surface area contributed by atoms with E-state index in [0.717, 1.165) is 18.3 Å². The molecule has 0 N–H and O–H groups in total. The van der Waals surface area contributed by atoms with Crippen LogP contribution in [0.5, 0.6) is 0 Å². The monoisotopic (exact) mass is 332 g/mol. The number of rotatable bonds is 6. The second kappa shape index (κ2) is 9.04. The molecule has 0 heteroatoms. The number of hydrogen-bond donors (Lipinski definition) is 0. The molecule has 0 atom stereocenters. The lowest BCUT2D eigenvalue weighted by molar-refractivity contribution is 0.312. The Balaban J connectivity index is 1.57. The van der Waals surface area contributed by atoms with Crippen LogP contribution in [-0.2, 0) is 6.42 Å². The molecule has 1 saturated carbocycles. The Kier molecular flexibility index (Phi) is 6.50. The van der Waals surface area contributed by atoms with Gasteiger partial charge in [0, 0.05) is 0 Å². The number of hydrogen-bond acceptors (Lipinski definition) is 0. The van der Waals surface area contributed by atoms with E-state index in [9.17, 15) is 0 Å². The van der Waals surface area contributed by atoms with Gasteiger partial charge in [-0.25, -0.2) is 0 Å². The maximum atomic E-state index is 2.37. The van der Waals surface area contributed by atoms with Gasteiger partial charge < -0.3 is 0 Å². The third kappa shape index (κ3) is 4.84. The van der Waals surface area contributed by atoms with E-state index < -0.39 is 0 Å².